The Labute approximate surface area is 536 Å². The van der Waals surface area contributed by atoms with E-state index in [9.17, 15) is 44.0 Å². The summed E-state index contributed by atoms with van der Waals surface area (Å²) in [7, 11) is 12.6. The Bertz CT molecular complexity index is 3990. The molecule has 5 aromatic rings. The van der Waals surface area contributed by atoms with Gasteiger partial charge in [-0.25, -0.2) is 4.58 Å². The van der Waals surface area contributed by atoms with Gasteiger partial charge in [-0.2, -0.15) is 10.2 Å². The van der Waals surface area contributed by atoms with Crippen molar-refractivity contribution in [1.29, 1.82) is 0 Å². The number of carbonyl (C=O) groups excluding carboxylic acids is 6. The van der Waals surface area contributed by atoms with Crippen molar-refractivity contribution in [1.82, 2.24) is 25.4 Å². The van der Waals surface area contributed by atoms with Crippen molar-refractivity contribution in [3.63, 3.8) is 0 Å². The van der Waals surface area contributed by atoms with Crippen molar-refractivity contribution in [2.75, 3.05) is 97.7 Å². The van der Waals surface area contributed by atoms with Gasteiger partial charge in [0.15, 0.2) is 0 Å². The molecule has 2 aliphatic carbocycles. The molecule has 0 spiro atoms. The fourth-order valence-corrected chi connectivity index (χ4v) is 12.2. The topological polar surface area (TPSA) is 298 Å². The lowest BCUT2D eigenvalue weighted by atomic mass is 9.81. The number of nitrogens with one attached hydrogen (secondary N) is 3. The Morgan fingerprint density at radius 1 is 0.728 bits per heavy atom. The number of thioether (sulfide) groups is 1. The Hall–Kier alpha value is -10.0. The van der Waals surface area contributed by atoms with Crippen LogP contribution in [0.25, 0.3) is 33.4 Å². The second-order valence-electron chi connectivity index (χ2n) is 23.0. The number of nitro groups is 1. The van der Waals surface area contributed by atoms with Crippen molar-refractivity contribution in [2.24, 2.45) is 32.3 Å². The van der Waals surface area contributed by atoms with Gasteiger partial charge in [-0.15, -0.1) is 22.0 Å². The highest BCUT2D eigenvalue weighted by Crippen LogP contribution is 2.44. The maximum Gasteiger partial charge on any atom is 0.269 e. The smallest absolute Gasteiger partial charge is 0.269 e. The number of nitrogens with zero attached hydrogens (tertiary/aromatic N) is 9. The van der Waals surface area contributed by atoms with Crippen molar-refractivity contribution < 1.29 is 52.7 Å². The normalized spacial score (nSPS) is 15.7. The van der Waals surface area contributed by atoms with E-state index in [-0.39, 0.29) is 65.2 Å². The third-order valence-corrected chi connectivity index (χ3v) is 17.5. The van der Waals surface area contributed by atoms with Crippen LogP contribution in [-0.2, 0) is 19.2 Å². The molecule has 24 nitrogen and oxygen atoms in total. The average Bonchev–Trinajstić information content (AvgIpc) is 0.897. The second-order valence-corrected chi connectivity index (χ2v) is 24.3. The number of ether oxygens (including phenoxy) is 2. The summed E-state index contributed by atoms with van der Waals surface area (Å²) in [5.74, 6) is -0.763. The number of rotatable bonds is 27. The number of amides is 5. The number of benzene rings is 6. The molecular weight excluding hydrogens is 1200 g/mol. The highest BCUT2D eigenvalue weighted by Gasteiger charge is 2.40. The number of anilines is 2. The van der Waals surface area contributed by atoms with E-state index >= 15 is 0 Å². The number of likely N-dealkylation sites (tertiary alicyclic amines) is 1. The summed E-state index contributed by atoms with van der Waals surface area (Å²) in [6, 6.07) is 32.2. The number of methoxy groups -OCH3 is 2. The van der Waals surface area contributed by atoms with E-state index in [0.717, 1.165) is 16.7 Å². The van der Waals surface area contributed by atoms with Crippen molar-refractivity contribution in [2.45, 2.75) is 56.6 Å². The Morgan fingerprint density at radius 2 is 1.38 bits per heavy atom. The number of aromatic carboxylic acids is 1. The molecule has 0 bridgehead atoms. The number of carbonyl (C=O) groups is 6. The van der Waals surface area contributed by atoms with Crippen LogP contribution in [0.2, 0.25) is 0 Å². The Kier molecular flexibility index (Phi) is 22.1. The van der Waals surface area contributed by atoms with Crippen LogP contribution in [0.3, 0.4) is 0 Å². The lowest BCUT2D eigenvalue weighted by Gasteiger charge is -2.30. The molecule has 2 aliphatic heterocycles. The molecule has 5 amide bonds. The van der Waals surface area contributed by atoms with Crippen LogP contribution in [0.4, 0.5) is 39.8 Å². The molecule has 25 heteroatoms. The number of carboxylic acids is 1. The lowest BCUT2D eigenvalue weighted by molar-refractivity contribution is -0.384. The molecular formula is C67H74N12O12S. The molecule has 9 rings (SSSR count). The van der Waals surface area contributed by atoms with Gasteiger partial charge >= 0.3 is 0 Å². The minimum Gasteiger partial charge on any atom is -0.545 e. The zero-order valence-corrected chi connectivity index (χ0v) is 53.2. The van der Waals surface area contributed by atoms with E-state index in [4.69, 9.17) is 13.9 Å². The summed E-state index contributed by atoms with van der Waals surface area (Å²) in [5.41, 5.74) is 5.80. The number of carboxylic acid groups (broad SMARTS) is 1. The first-order valence-corrected chi connectivity index (χ1v) is 31.3. The molecule has 3 N–H and O–H groups in total. The fraction of sp³-hybridized carbons (Fsp3) is 0.358. The number of imide groups is 1. The fourth-order valence-electron chi connectivity index (χ4n) is 11.1. The standard InChI is InChI=1S/C67H74N12O12S/c1-75(2)48-24-27-51-56(35-48)91-57-36-49(76(3)4)25-28-52(57)63(51)53-34-43(15-26-50(53)67(85)86)65(83)70-30-9-29-69-64(82)42-13-11-41(12-14-42)40-78-62(81)39-60(66(78)84)92-33-31-68-61(80)10-8-32-77(5)46-20-16-44(17-21-46)71-73-54-37-59(90-7)55(38-58(54)89-6)74-72-45-18-22-47(23-19-45)79(87)88/h15-28,34-38,41-42,60H,8-14,29-33,39-40H2,1-7H3,(H3-,68,69,70,80,82,83,85,86). The molecule has 5 aromatic carbocycles. The van der Waals surface area contributed by atoms with Crippen LogP contribution in [0, 0.1) is 22.0 Å². The van der Waals surface area contributed by atoms with E-state index in [0.29, 0.717) is 145 Å². The largest absolute Gasteiger partial charge is 0.545 e. The first-order chi connectivity index (χ1) is 44.3. The van der Waals surface area contributed by atoms with Crippen molar-refractivity contribution >= 4 is 98.0 Å². The lowest BCUT2D eigenvalue weighted by Crippen LogP contribution is -2.39. The summed E-state index contributed by atoms with van der Waals surface area (Å²) < 4.78 is 19.4. The van der Waals surface area contributed by atoms with Gasteiger partial charge in [0.05, 0.1) is 47.8 Å². The summed E-state index contributed by atoms with van der Waals surface area (Å²) in [5, 5.41) is 50.7. The molecule has 1 saturated carbocycles. The second kappa shape index (κ2) is 30.6. The van der Waals surface area contributed by atoms with Gasteiger partial charge in [-0.05, 0) is 117 Å². The Morgan fingerprint density at radius 3 is 2.01 bits per heavy atom. The molecule has 1 atom stereocenters. The average molecular weight is 1270 g/mol. The minimum absolute atomic E-state index is 0.0570. The number of hydrogen-bond acceptors (Lipinski definition) is 19. The van der Waals surface area contributed by atoms with Gasteiger partial charge < -0.3 is 49.5 Å². The highest BCUT2D eigenvalue weighted by atomic mass is 32.2. The Balaban J connectivity index is 0.655. The number of nitro benzene ring substituents is 1. The molecule has 0 aromatic heterocycles. The van der Waals surface area contributed by atoms with Gasteiger partial charge in [0.1, 0.15) is 48.3 Å². The number of non-ortho nitro benzene ring substituents is 1. The van der Waals surface area contributed by atoms with Gasteiger partial charge in [0.25, 0.3) is 11.6 Å². The first-order valence-electron chi connectivity index (χ1n) is 30.3. The summed E-state index contributed by atoms with van der Waals surface area (Å²) in [4.78, 5) is 94.6. The van der Waals surface area contributed by atoms with Crippen LogP contribution >= 0.6 is 11.8 Å². The van der Waals surface area contributed by atoms with Crippen LogP contribution in [0.15, 0.2) is 140 Å². The summed E-state index contributed by atoms with van der Waals surface area (Å²) in [6.07, 6.45) is 4.10. The molecule has 92 heavy (non-hydrogen) atoms. The molecule has 0 radical (unpaired) electrons. The quantitative estimate of drug-likeness (QED) is 0.00821. The first kappa shape index (κ1) is 66.4. The van der Waals surface area contributed by atoms with Gasteiger partial charge in [0.2, 0.25) is 29.0 Å². The van der Waals surface area contributed by atoms with Crippen LogP contribution < -0.4 is 50.3 Å². The SMILES string of the molecule is COc1cc(N=Nc2ccc([N+](=O)[O-])cc2)c(OC)cc1N=Nc1ccc(N(C)CCCC(=O)NCCSC2CC(=O)N(CC3CCC(C(=O)NCCCNC(=O)c4ccc(C(=O)[O-])c(-c5c6ccc(=[N+](C)C)cc-6oc6cc(N(C)C)ccc56)c4)CC3)C2=O)cc1. The van der Waals surface area contributed by atoms with E-state index in [1.807, 2.05) is 110 Å². The zero-order chi connectivity index (χ0) is 65.6. The predicted octanol–water partition coefficient (Wildman–Crippen LogP) is 9.36. The van der Waals surface area contributed by atoms with Crippen LogP contribution in [0.1, 0.15) is 72.1 Å². The van der Waals surface area contributed by atoms with Gasteiger partial charge in [-0.3, -0.25) is 39.0 Å². The molecule has 4 aliphatic rings. The predicted molar refractivity (Wildman–Crippen MR) is 350 cm³/mol. The maximum atomic E-state index is 13.6. The maximum absolute atomic E-state index is 13.6. The van der Waals surface area contributed by atoms with E-state index in [1.54, 1.807) is 18.2 Å². The minimum atomic E-state index is -1.38. The number of hydrogen-bond donors (Lipinski definition) is 3. The third-order valence-electron chi connectivity index (χ3n) is 16.3. The molecule has 1 unspecified atom stereocenters. The molecule has 1 saturated heterocycles. The highest BCUT2D eigenvalue weighted by molar-refractivity contribution is 8.00. The van der Waals surface area contributed by atoms with Crippen molar-refractivity contribution in [3.8, 4) is 33.9 Å². The zero-order valence-electron chi connectivity index (χ0n) is 52.4. The van der Waals surface area contributed by atoms with E-state index in [1.165, 1.54) is 67.3 Å². The van der Waals surface area contributed by atoms with Gasteiger partial charge in [0, 0.05) is 154 Å². The van der Waals surface area contributed by atoms with Crippen molar-refractivity contribution in [3.05, 3.63) is 142 Å². The van der Waals surface area contributed by atoms with E-state index in [2.05, 4.69) is 36.4 Å². The summed E-state index contributed by atoms with van der Waals surface area (Å²) >= 11 is 1.37. The monoisotopic (exact) mass is 1270 g/mol. The van der Waals surface area contributed by atoms with Gasteiger partial charge in [-0.1, -0.05) is 6.07 Å². The number of fused-ring (bicyclic) bond motifs is 2. The number of azo groups is 2. The molecule has 480 valence electrons. The third kappa shape index (κ3) is 16.5. The van der Waals surface area contributed by atoms with Crippen LogP contribution in [0.5, 0.6) is 11.5 Å². The molecule has 2 heterocycles. The summed E-state index contributed by atoms with van der Waals surface area (Å²) in [6.45, 7) is 1.87. The van der Waals surface area contributed by atoms with E-state index < -0.39 is 22.0 Å². The van der Waals surface area contributed by atoms with Crippen LogP contribution in [-0.4, -0.2) is 139 Å². The molecule has 2 fully saturated rings.